The average Bonchev–Trinajstić information content (AvgIpc) is 3.82. The second-order valence-corrected chi connectivity index (χ2v) is 18.0. The van der Waals surface area contributed by atoms with Crippen molar-refractivity contribution in [2.75, 3.05) is 6.54 Å². The first-order valence-corrected chi connectivity index (χ1v) is 21.1. The molecule has 253 valence electrons. The van der Waals surface area contributed by atoms with Crippen molar-refractivity contribution in [1.82, 2.24) is 4.90 Å². The first kappa shape index (κ1) is 35.9. The Bertz CT molecular complexity index is 2000. The second kappa shape index (κ2) is 15.9. The zero-order valence-electron chi connectivity index (χ0n) is 29.0. The van der Waals surface area contributed by atoms with E-state index in [-0.39, 0.29) is 17.7 Å². The van der Waals surface area contributed by atoms with E-state index in [2.05, 4.69) is 127 Å². The van der Waals surface area contributed by atoms with Gasteiger partial charge in [0.05, 0.1) is 0 Å². The summed E-state index contributed by atoms with van der Waals surface area (Å²) in [5.41, 5.74) is 4.86. The fourth-order valence-corrected chi connectivity index (χ4v) is 14.1. The van der Waals surface area contributed by atoms with E-state index >= 15 is 0 Å². The molecule has 0 N–H and O–H groups in total. The molecule has 1 saturated carbocycles. The molecule has 0 unspecified atom stereocenters. The van der Waals surface area contributed by atoms with Crippen molar-refractivity contribution in [3.05, 3.63) is 158 Å². The normalized spacial score (nSPS) is 17.1. The van der Waals surface area contributed by atoms with E-state index in [9.17, 15) is 9.59 Å². The Morgan fingerprint density at radius 1 is 0.800 bits per heavy atom. The Hall–Kier alpha value is -3.95. The number of allylic oxidation sites excluding steroid dienone is 8. The summed E-state index contributed by atoms with van der Waals surface area (Å²) < 4.78 is 3.81. The SMILES string of the molecule is CC=C1CCCC1=CC(/C=C/c1sc(/C=C/C)c2c1C(=O)N(CC(C)C)C2=O)=C([C]#[Os])[P+](c1ccccc1)(c1ccccc1)c1ccccc1. The van der Waals surface area contributed by atoms with Gasteiger partial charge in [-0.05, 0) is 0 Å². The molecule has 6 rings (SSSR count). The molecule has 4 aromatic rings. The van der Waals surface area contributed by atoms with Gasteiger partial charge in [-0.15, -0.1) is 0 Å². The van der Waals surface area contributed by atoms with Gasteiger partial charge < -0.3 is 0 Å². The Morgan fingerprint density at radius 2 is 1.30 bits per heavy atom. The van der Waals surface area contributed by atoms with Crippen molar-refractivity contribution in [3.8, 4) is 4.37 Å². The maximum atomic E-state index is 13.9. The van der Waals surface area contributed by atoms with Crippen molar-refractivity contribution in [2.45, 2.75) is 47.0 Å². The van der Waals surface area contributed by atoms with Crippen LogP contribution in [0.25, 0.3) is 12.2 Å². The molecule has 1 aliphatic carbocycles. The van der Waals surface area contributed by atoms with E-state index < -0.39 is 7.26 Å². The van der Waals surface area contributed by atoms with Gasteiger partial charge in [-0.1, -0.05) is 0 Å². The van der Waals surface area contributed by atoms with Crippen molar-refractivity contribution in [1.29, 1.82) is 0 Å². The van der Waals surface area contributed by atoms with Crippen LogP contribution >= 0.6 is 18.6 Å². The van der Waals surface area contributed by atoms with Gasteiger partial charge in [0.1, 0.15) is 0 Å². The van der Waals surface area contributed by atoms with Crippen molar-refractivity contribution >= 4 is 58.5 Å². The number of imide groups is 1. The molecular weight excluding hydrogens is 828 g/mol. The van der Waals surface area contributed by atoms with Crippen LogP contribution in [0.1, 0.15) is 77.4 Å². The number of amides is 2. The number of hydrogen-bond donors (Lipinski definition) is 0. The maximum absolute atomic E-state index is 13.9. The molecule has 2 aliphatic rings. The molecule has 50 heavy (non-hydrogen) atoms. The molecule has 2 heterocycles. The molecule has 1 aliphatic heterocycles. The van der Waals surface area contributed by atoms with Gasteiger partial charge in [0.25, 0.3) is 0 Å². The first-order chi connectivity index (χ1) is 24.3. The van der Waals surface area contributed by atoms with Gasteiger partial charge in [-0.25, -0.2) is 0 Å². The van der Waals surface area contributed by atoms with Crippen LogP contribution in [0.4, 0.5) is 0 Å². The van der Waals surface area contributed by atoms with Gasteiger partial charge >= 0.3 is 313 Å². The topological polar surface area (TPSA) is 37.4 Å². The summed E-state index contributed by atoms with van der Waals surface area (Å²) in [7, 11) is -2.47. The third-order valence-corrected chi connectivity index (χ3v) is 15.8. The number of carbonyl (C=O) groups excluding carboxylic acids is 2. The summed E-state index contributed by atoms with van der Waals surface area (Å²) in [5.74, 6) is -0.210. The molecule has 6 heteroatoms. The molecule has 0 radical (unpaired) electrons. The molecule has 2 amide bonds. The fourth-order valence-electron chi connectivity index (χ4n) is 7.10. The molecule has 3 aromatic carbocycles. The van der Waals surface area contributed by atoms with Crippen LogP contribution in [0, 0.1) is 10.3 Å². The molecule has 0 saturated heterocycles. The molecule has 1 fully saturated rings. The molecular formula is C44H42NO2OsPS+. The summed E-state index contributed by atoms with van der Waals surface area (Å²) in [6.07, 6.45) is 16.0. The van der Waals surface area contributed by atoms with Gasteiger partial charge in [-0.3, -0.25) is 0 Å². The van der Waals surface area contributed by atoms with E-state index in [4.69, 9.17) is 0 Å². The first-order valence-electron chi connectivity index (χ1n) is 17.2. The number of carbonyl (C=O) groups is 2. The van der Waals surface area contributed by atoms with Gasteiger partial charge in [0.15, 0.2) is 0 Å². The number of fused-ring (bicyclic) bond motifs is 1. The number of hydrogen-bond acceptors (Lipinski definition) is 3. The molecule has 1 aromatic heterocycles. The predicted octanol–water partition coefficient (Wildman–Crippen LogP) is 9.86. The van der Waals surface area contributed by atoms with Crippen LogP contribution in [0.2, 0.25) is 0 Å². The molecule has 0 atom stereocenters. The summed E-state index contributed by atoms with van der Waals surface area (Å²) in [6.45, 7) is 8.55. The Balaban J connectivity index is 1.67. The Labute approximate surface area is 311 Å². The van der Waals surface area contributed by atoms with Crippen LogP contribution in [-0.2, 0) is 17.9 Å². The third kappa shape index (κ3) is 6.74. The molecule has 3 nitrogen and oxygen atoms in total. The van der Waals surface area contributed by atoms with Crippen molar-refractivity contribution < 1.29 is 27.5 Å². The van der Waals surface area contributed by atoms with Crippen molar-refractivity contribution in [2.24, 2.45) is 5.92 Å². The third-order valence-electron chi connectivity index (χ3n) is 9.27. The fraction of sp³-hybridized carbons (Fsp3) is 0.205. The summed E-state index contributed by atoms with van der Waals surface area (Å²) in [5, 5.41) is 4.92. The van der Waals surface area contributed by atoms with E-state index in [1.54, 1.807) is 17.9 Å². The predicted molar refractivity (Wildman–Crippen MR) is 210 cm³/mol. The minimum atomic E-state index is -2.47. The van der Waals surface area contributed by atoms with E-state index in [0.29, 0.717) is 17.7 Å². The standard InChI is InChI=1S/C44H42NO2PS.Os/c1-6-18-39-41-42(44(47)45(43(41)46)30-31(3)4)40(49-39)28-27-34(29-35-20-17-19-33(35)7-2)32(5)48(36-21-11-8-12-22-36,37-23-13-9-14-24-37)38-25-15-10-16-26-38;/h6-16,18,21-29,31H,17,19-20,30H2,1-4H3;/q+1;/b18-6+,28-27+,33-7?,34-32?,35-29?;. The monoisotopic (exact) mass is 871 g/mol. The van der Waals surface area contributed by atoms with Crippen molar-refractivity contribution in [3.63, 3.8) is 0 Å². The number of thiophene rings is 1. The van der Waals surface area contributed by atoms with Crippen LogP contribution < -0.4 is 15.9 Å². The second-order valence-electron chi connectivity index (χ2n) is 12.9. The number of nitrogens with zero attached hydrogens (tertiary/aromatic N) is 1. The summed E-state index contributed by atoms with van der Waals surface area (Å²) in [4.78, 5) is 30.6. The van der Waals surface area contributed by atoms with Gasteiger partial charge in [0.2, 0.25) is 0 Å². The van der Waals surface area contributed by atoms with Crippen LogP contribution in [-0.4, -0.2) is 23.3 Å². The summed E-state index contributed by atoms with van der Waals surface area (Å²) >= 11 is 3.29. The minimum absolute atomic E-state index is 0.179. The van der Waals surface area contributed by atoms with Crippen LogP contribution in [0.15, 0.2) is 137 Å². The number of rotatable bonds is 10. The Kier molecular flexibility index (Phi) is 11.4. The number of benzene rings is 3. The zero-order valence-corrected chi connectivity index (χ0v) is 33.3. The van der Waals surface area contributed by atoms with Crippen LogP contribution in [0.3, 0.4) is 0 Å². The van der Waals surface area contributed by atoms with E-state index in [1.165, 1.54) is 43.3 Å². The van der Waals surface area contributed by atoms with Crippen LogP contribution in [0.5, 0.6) is 0 Å². The van der Waals surface area contributed by atoms with E-state index in [0.717, 1.165) is 39.9 Å². The van der Waals surface area contributed by atoms with E-state index in [1.807, 2.05) is 32.9 Å². The van der Waals surface area contributed by atoms with Gasteiger partial charge in [0, 0.05) is 0 Å². The van der Waals surface area contributed by atoms with Gasteiger partial charge in [-0.2, -0.15) is 0 Å². The summed E-state index contributed by atoms with van der Waals surface area (Å²) in [6, 6.07) is 32.6. The molecule has 0 bridgehead atoms. The zero-order chi connectivity index (χ0) is 35.3. The average molecular weight is 870 g/mol. The Morgan fingerprint density at radius 3 is 1.76 bits per heavy atom. The molecule has 0 spiro atoms. The quantitative estimate of drug-likeness (QED) is 0.0905.